The van der Waals surface area contributed by atoms with Crippen molar-refractivity contribution in [3.8, 4) is 0 Å². The highest BCUT2D eigenvalue weighted by atomic mass is 16.5. The van der Waals surface area contributed by atoms with Gasteiger partial charge < -0.3 is 9.84 Å². The summed E-state index contributed by atoms with van der Waals surface area (Å²) in [5.74, 6) is 0.126. The van der Waals surface area contributed by atoms with Crippen LogP contribution in [-0.2, 0) is 9.53 Å². The number of aryl methyl sites for hydroxylation is 1. The second kappa shape index (κ2) is 13.5. The summed E-state index contributed by atoms with van der Waals surface area (Å²) >= 11 is 0. The molecule has 0 bridgehead atoms. The SMILES string of the molecule is CC1CC1.CCOCCCCCCCN=C(C(=O)O)c1ccc(C)cc1. The van der Waals surface area contributed by atoms with Gasteiger partial charge in [-0.1, -0.05) is 68.9 Å². The Kier molecular flexibility index (Phi) is 11.6. The zero-order valence-electron chi connectivity index (χ0n) is 16.7. The van der Waals surface area contributed by atoms with E-state index >= 15 is 0 Å². The van der Waals surface area contributed by atoms with Crippen LogP contribution in [0.25, 0.3) is 0 Å². The van der Waals surface area contributed by atoms with Crippen LogP contribution in [-0.4, -0.2) is 36.5 Å². The molecule has 26 heavy (non-hydrogen) atoms. The monoisotopic (exact) mass is 361 g/mol. The number of carboxylic acid groups (broad SMARTS) is 1. The van der Waals surface area contributed by atoms with Crippen molar-refractivity contribution in [2.75, 3.05) is 19.8 Å². The molecule has 1 aliphatic carbocycles. The van der Waals surface area contributed by atoms with E-state index in [1.54, 1.807) is 0 Å². The van der Waals surface area contributed by atoms with Crippen LogP contribution in [0, 0.1) is 12.8 Å². The van der Waals surface area contributed by atoms with Gasteiger partial charge in [0.2, 0.25) is 0 Å². The topological polar surface area (TPSA) is 58.9 Å². The molecule has 0 amide bonds. The van der Waals surface area contributed by atoms with E-state index < -0.39 is 5.97 Å². The maximum absolute atomic E-state index is 11.3. The highest BCUT2D eigenvalue weighted by molar-refractivity contribution is 6.42. The molecule has 0 aromatic heterocycles. The van der Waals surface area contributed by atoms with Gasteiger partial charge in [0.15, 0.2) is 0 Å². The second-order valence-electron chi connectivity index (χ2n) is 7.05. The molecule has 0 spiro atoms. The summed E-state index contributed by atoms with van der Waals surface area (Å²) in [5, 5.41) is 9.27. The molecule has 2 rings (SSSR count). The summed E-state index contributed by atoms with van der Waals surface area (Å²) < 4.78 is 5.29. The third-order valence-electron chi connectivity index (χ3n) is 4.31. The van der Waals surface area contributed by atoms with Crippen molar-refractivity contribution >= 4 is 11.7 Å². The lowest BCUT2D eigenvalue weighted by Crippen LogP contribution is -2.15. The molecule has 0 saturated heterocycles. The van der Waals surface area contributed by atoms with Crippen LogP contribution in [0.15, 0.2) is 29.3 Å². The number of carbonyl (C=O) groups is 1. The van der Waals surface area contributed by atoms with Crippen molar-refractivity contribution in [2.45, 2.75) is 65.7 Å². The number of benzene rings is 1. The quantitative estimate of drug-likeness (QED) is 0.431. The number of rotatable bonds is 11. The first-order valence-electron chi connectivity index (χ1n) is 9.97. The molecule has 1 saturated carbocycles. The summed E-state index contributed by atoms with van der Waals surface area (Å²) in [6, 6.07) is 7.45. The third kappa shape index (κ3) is 11.0. The second-order valence-corrected chi connectivity index (χ2v) is 7.05. The third-order valence-corrected chi connectivity index (χ3v) is 4.31. The molecule has 1 N–H and O–H groups in total. The van der Waals surface area contributed by atoms with Crippen molar-refractivity contribution in [2.24, 2.45) is 10.9 Å². The lowest BCUT2D eigenvalue weighted by Gasteiger charge is -2.04. The molecule has 0 unspecified atom stereocenters. The highest BCUT2D eigenvalue weighted by Gasteiger charge is 2.12. The largest absolute Gasteiger partial charge is 0.477 e. The van der Waals surface area contributed by atoms with E-state index in [1.807, 2.05) is 38.1 Å². The molecule has 0 radical (unpaired) electrons. The first kappa shape index (κ1) is 22.4. The molecule has 4 heteroatoms. The molecule has 1 aromatic rings. The van der Waals surface area contributed by atoms with Gasteiger partial charge in [-0.15, -0.1) is 0 Å². The Hall–Kier alpha value is -1.68. The highest BCUT2D eigenvalue weighted by Crippen LogP contribution is 2.26. The van der Waals surface area contributed by atoms with E-state index in [-0.39, 0.29) is 5.71 Å². The number of ether oxygens (including phenoxy) is 1. The van der Waals surface area contributed by atoms with Crippen LogP contribution in [0.3, 0.4) is 0 Å². The van der Waals surface area contributed by atoms with Gasteiger partial charge in [-0.3, -0.25) is 4.99 Å². The zero-order chi connectivity index (χ0) is 19.2. The van der Waals surface area contributed by atoms with Gasteiger partial charge in [0.05, 0.1) is 0 Å². The van der Waals surface area contributed by atoms with Crippen LogP contribution in [0.2, 0.25) is 0 Å². The summed E-state index contributed by atoms with van der Waals surface area (Å²) in [5.41, 5.74) is 1.95. The standard InChI is InChI=1S/C18H27NO3.C4H8/c1-3-22-14-8-6-4-5-7-13-19-17(18(20)21)16-11-9-15(2)10-12-16;1-4-2-3-4/h9-12H,3-8,13-14H2,1-2H3,(H,20,21);4H,2-3H2,1H3. The van der Waals surface area contributed by atoms with Crippen LogP contribution >= 0.6 is 0 Å². The minimum Gasteiger partial charge on any atom is -0.477 e. The van der Waals surface area contributed by atoms with Gasteiger partial charge in [-0.05, 0) is 32.6 Å². The van der Waals surface area contributed by atoms with Crippen molar-refractivity contribution < 1.29 is 14.6 Å². The van der Waals surface area contributed by atoms with Gasteiger partial charge in [0, 0.05) is 25.3 Å². The number of carboxylic acids is 1. The minimum atomic E-state index is -0.958. The molecule has 0 heterocycles. The van der Waals surface area contributed by atoms with Crippen molar-refractivity contribution in [1.82, 2.24) is 0 Å². The van der Waals surface area contributed by atoms with Crippen molar-refractivity contribution in [1.29, 1.82) is 0 Å². The molecule has 146 valence electrons. The fraction of sp³-hybridized carbons (Fsp3) is 0.636. The van der Waals surface area contributed by atoms with E-state index in [0.717, 1.165) is 56.8 Å². The molecule has 1 aromatic carbocycles. The van der Waals surface area contributed by atoms with Gasteiger partial charge in [-0.25, -0.2) is 4.79 Å². The van der Waals surface area contributed by atoms with E-state index in [4.69, 9.17) is 4.74 Å². The molecule has 0 aliphatic heterocycles. The van der Waals surface area contributed by atoms with E-state index in [9.17, 15) is 9.90 Å². The number of unbranched alkanes of at least 4 members (excludes halogenated alkanes) is 4. The Morgan fingerprint density at radius 1 is 1.12 bits per heavy atom. The minimum absolute atomic E-state index is 0.163. The van der Waals surface area contributed by atoms with Crippen LogP contribution in [0.4, 0.5) is 0 Å². The number of nitrogens with zero attached hydrogens (tertiary/aromatic N) is 1. The predicted molar refractivity (Wildman–Crippen MR) is 108 cm³/mol. The van der Waals surface area contributed by atoms with E-state index in [1.165, 1.54) is 12.8 Å². The Labute approximate surface area is 158 Å². The van der Waals surface area contributed by atoms with Crippen molar-refractivity contribution in [3.05, 3.63) is 35.4 Å². The lowest BCUT2D eigenvalue weighted by atomic mass is 10.1. The predicted octanol–water partition coefficient (Wildman–Crippen LogP) is 5.27. The van der Waals surface area contributed by atoms with Gasteiger partial charge >= 0.3 is 5.97 Å². The lowest BCUT2D eigenvalue weighted by molar-refractivity contribution is -0.129. The average Bonchev–Trinajstić information content (AvgIpc) is 3.40. The first-order valence-corrected chi connectivity index (χ1v) is 9.97. The van der Waals surface area contributed by atoms with E-state index in [2.05, 4.69) is 11.9 Å². The summed E-state index contributed by atoms with van der Waals surface area (Å²) in [7, 11) is 0. The maximum atomic E-state index is 11.3. The molecule has 0 atom stereocenters. The molecular weight excluding hydrogens is 326 g/mol. The van der Waals surface area contributed by atoms with Gasteiger partial charge in [0.25, 0.3) is 0 Å². The Morgan fingerprint density at radius 3 is 2.23 bits per heavy atom. The number of aliphatic carboxylic acids is 1. The molecular formula is C22H35NO3. The summed E-state index contributed by atoms with van der Waals surface area (Å²) in [6.45, 7) is 8.46. The molecule has 1 aliphatic rings. The summed E-state index contributed by atoms with van der Waals surface area (Å²) in [4.78, 5) is 15.6. The average molecular weight is 362 g/mol. The Bertz CT molecular complexity index is 533. The summed E-state index contributed by atoms with van der Waals surface area (Å²) in [6.07, 6.45) is 8.39. The fourth-order valence-electron chi connectivity index (χ4n) is 2.34. The Balaban J connectivity index is 0.000000739. The van der Waals surface area contributed by atoms with E-state index in [0.29, 0.717) is 12.1 Å². The normalized spacial score (nSPS) is 13.9. The van der Waals surface area contributed by atoms with Gasteiger partial charge in [-0.2, -0.15) is 0 Å². The zero-order valence-corrected chi connectivity index (χ0v) is 16.7. The molecule has 1 fully saturated rings. The first-order chi connectivity index (χ1) is 12.5. The smallest absolute Gasteiger partial charge is 0.354 e. The number of hydrogen-bond acceptors (Lipinski definition) is 3. The van der Waals surface area contributed by atoms with Crippen LogP contribution in [0.5, 0.6) is 0 Å². The maximum Gasteiger partial charge on any atom is 0.354 e. The number of aliphatic imine (C=N–C) groups is 1. The fourth-order valence-corrected chi connectivity index (χ4v) is 2.34. The van der Waals surface area contributed by atoms with Crippen molar-refractivity contribution in [3.63, 3.8) is 0 Å². The van der Waals surface area contributed by atoms with Crippen LogP contribution in [0.1, 0.15) is 69.9 Å². The number of hydrogen-bond donors (Lipinski definition) is 1. The van der Waals surface area contributed by atoms with Gasteiger partial charge in [0.1, 0.15) is 5.71 Å². The molecule has 4 nitrogen and oxygen atoms in total. The Morgan fingerprint density at radius 2 is 1.69 bits per heavy atom. The van der Waals surface area contributed by atoms with Crippen LogP contribution < -0.4 is 0 Å².